The third-order valence-corrected chi connectivity index (χ3v) is 7.04. The summed E-state index contributed by atoms with van der Waals surface area (Å²) in [5.41, 5.74) is 2.25. The zero-order valence-electron chi connectivity index (χ0n) is 17.3. The molecule has 1 aliphatic heterocycles. The highest BCUT2D eigenvalue weighted by atomic mass is 32.2. The highest BCUT2D eigenvalue weighted by molar-refractivity contribution is 7.92. The van der Waals surface area contributed by atoms with Gasteiger partial charge in [0.2, 0.25) is 0 Å². The third kappa shape index (κ3) is 4.03. The van der Waals surface area contributed by atoms with Crippen LogP contribution in [0.25, 0.3) is 10.8 Å². The number of anilines is 2. The molecule has 1 heterocycles. The molecule has 8 heteroatoms. The Bertz CT molecular complexity index is 1260. The lowest BCUT2D eigenvalue weighted by Gasteiger charge is -2.22. The van der Waals surface area contributed by atoms with E-state index in [1.807, 2.05) is 42.2 Å². The van der Waals surface area contributed by atoms with Crippen LogP contribution in [0.5, 0.6) is 5.75 Å². The van der Waals surface area contributed by atoms with Crippen LogP contribution in [0, 0.1) is 12.8 Å². The van der Waals surface area contributed by atoms with Crippen molar-refractivity contribution in [3.63, 3.8) is 0 Å². The third-order valence-electron chi connectivity index (χ3n) is 5.63. The number of rotatable bonds is 6. The molecule has 31 heavy (non-hydrogen) atoms. The molecule has 3 aromatic rings. The number of carbonyl (C=O) groups is 1. The predicted molar refractivity (Wildman–Crippen MR) is 120 cm³/mol. The molecule has 162 valence electrons. The average Bonchev–Trinajstić information content (AvgIpc) is 3.24. The SMILES string of the molecule is COc1cc(C)ccc1S(=O)(=O)Nc1ccc(N2CC[C@@H](C(=O)O)C2)c2ccccc12. The molecule has 0 unspecified atom stereocenters. The molecular formula is C23H24N2O5S. The maximum atomic E-state index is 13.1. The number of fused-ring (bicyclic) bond motifs is 1. The number of hydrogen-bond acceptors (Lipinski definition) is 5. The van der Waals surface area contributed by atoms with Crippen LogP contribution in [0.3, 0.4) is 0 Å². The Kier molecular flexibility index (Phi) is 5.49. The number of carboxylic acids is 1. The molecule has 0 spiro atoms. The molecule has 4 rings (SSSR count). The largest absolute Gasteiger partial charge is 0.495 e. The van der Waals surface area contributed by atoms with Gasteiger partial charge in [-0.1, -0.05) is 30.3 Å². The van der Waals surface area contributed by atoms with Crippen molar-refractivity contribution in [3.8, 4) is 5.75 Å². The number of benzene rings is 3. The van der Waals surface area contributed by atoms with Gasteiger partial charge >= 0.3 is 5.97 Å². The van der Waals surface area contributed by atoms with Crippen LogP contribution in [0.1, 0.15) is 12.0 Å². The number of sulfonamides is 1. The van der Waals surface area contributed by atoms with Crippen LogP contribution in [-0.2, 0) is 14.8 Å². The van der Waals surface area contributed by atoms with Gasteiger partial charge in [0.15, 0.2) is 0 Å². The van der Waals surface area contributed by atoms with Crippen LogP contribution in [0.2, 0.25) is 0 Å². The number of aryl methyl sites for hydroxylation is 1. The molecule has 2 N–H and O–H groups in total. The normalized spacial score (nSPS) is 16.5. The van der Waals surface area contributed by atoms with Crippen molar-refractivity contribution < 1.29 is 23.1 Å². The molecule has 0 saturated carbocycles. The van der Waals surface area contributed by atoms with Crippen LogP contribution < -0.4 is 14.4 Å². The van der Waals surface area contributed by atoms with Gasteiger partial charge in [-0.15, -0.1) is 0 Å². The van der Waals surface area contributed by atoms with E-state index in [-0.39, 0.29) is 10.6 Å². The smallest absolute Gasteiger partial charge is 0.308 e. The summed E-state index contributed by atoms with van der Waals surface area (Å²) in [5.74, 6) is -0.903. The van der Waals surface area contributed by atoms with Crippen molar-refractivity contribution in [2.24, 2.45) is 5.92 Å². The second kappa shape index (κ2) is 8.11. The maximum absolute atomic E-state index is 13.1. The molecule has 7 nitrogen and oxygen atoms in total. The number of carboxylic acid groups (broad SMARTS) is 1. The highest BCUT2D eigenvalue weighted by Gasteiger charge is 2.29. The molecule has 0 radical (unpaired) electrons. The summed E-state index contributed by atoms with van der Waals surface area (Å²) in [6.45, 7) is 2.95. The van der Waals surface area contributed by atoms with E-state index >= 15 is 0 Å². The van der Waals surface area contributed by atoms with Gasteiger partial charge in [0.05, 0.1) is 18.7 Å². The first-order chi connectivity index (χ1) is 14.8. The van der Waals surface area contributed by atoms with Gasteiger partial charge in [0.1, 0.15) is 10.6 Å². The fourth-order valence-corrected chi connectivity index (χ4v) is 5.26. The summed E-state index contributed by atoms with van der Waals surface area (Å²) in [5, 5.41) is 10.9. The fourth-order valence-electron chi connectivity index (χ4n) is 4.03. The minimum Gasteiger partial charge on any atom is -0.495 e. The summed E-state index contributed by atoms with van der Waals surface area (Å²) in [6.07, 6.45) is 0.589. The van der Waals surface area contributed by atoms with Crippen LogP contribution in [0.4, 0.5) is 11.4 Å². The first-order valence-electron chi connectivity index (χ1n) is 9.97. The molecule has 3 aromatic carbocycles. The lowest BCUT2D eigenvalue weighted by atomic mass is 10.1. The Morgan fingerprint density at radius 1 is 1.13 bits per heavy atom. The van der Waals surface area contributed by atoms with Crippen molar-refractivity contribution in [1.82, 2.24) is 0 Å². The standard InChI is InChI=1S/C23H24N2O5S/c1-15-7-10-22(21(13-15)30-2)31(28,29)24-19-8-9-20(18-6-4-3-5-17(18)19)25-12-11-16(14-25)23(26)27/h3-10,13,16,24H,11-12,14H2,1-2H3,(H,26,27)/t16-/m1/s1. The molecule has 0 aromatic heterocycles. The van der Waals surface area contributed by atoms with Gasteiger partial charge in [0, 0.05) is 29.5 Å². The Hall–Kier alpha value is -3.26. The number of nitrogens with one attached hydrogen (secondary N) is 1. The van der Waals surface area contributed by atoms with Crippen molar-refractivity contribution in [3.05, 3.63) is 60.2 Å². The minimum atomic E-state index is -3.88. The quantitative estimate of drug-likeness (QED) is 0.604. The molecule has 0 amide bonds. The molecule has 1 atom stereocenters. The van der Waals surface area contributed by atoms with Crippen molar-refractivity contribution in [1.29, 1.82) is 0 Å². The van der Waals surface area contributed by atoms with E-state index in [0.29, 0.717) is 25.2 Å². The lowest BCUT2D eigenvalue weighted by Crippen LogP contribution is -2.23. The first-order valence-corrected chi connectivity index (χ1v) is 11.5. The van der Waals surface area contributed by atoms with E-state index in [9.17, 15) is 18.3 Å². The molecule has 1 aliphatic rings. The average molecular weight is 441 g/mol. The van der Waals surface area contributed by atoms with Crippen LogP contribution in [0.15, 0.2) is 59.5 Å². The molecule has 0 aliphatic carbocycles. The Balaban J connectivity index is 1.73. The number of methoxy groups -OCH3 is 1. The van der Waals surface area contributed by atoms with Gasteiger partial charge in [-0.3, -0.25) is 9.52 Å². The molecule has 1 saturated heterocycles. The molecule has 1 fully saturated rings. The topological polar surface area (TPSA) is 95.9 Å². The number of ether oxygens (including phenoxy) is 1. The van der Waals surface area contributed by atoms with Gasteiger partial charge in [-0.25, -0.2) is 8.42 Å². The summed E-state index contributed by atoms with van der Waals surface area (Å²) >= 11 is 0. The van der Waals surface area contributed by atoms with Crippen molar-refractivity contribution in [2.75, 3.05) is 29.8 Å². The van der Waals surface area contributed by atoms with E-state index in [4.69, 9.17) is 4.74 Å². The highest BCUT2D eigenvalue weighted by Crippen LogP contribution is 2.36. The van der Waals surface area contributed by atoms with Gasteiger partial charge < -0.3 is 14.7 Å². The van der Waals surface area contributed by atoms with E-state index < -0.39 is 21.9 Å². The van der Waals surface area contributed by atoms with E-state index in [1.165, 1.54) is 13.2 Å². The van der Waals surface area contributed by atoms with E-state index in [1.54, 1.807) is 18.2 Å². The summed E-state index contributed by atoms with van der Waals surface area (Å²) < 4.78 is 34.2. The zero-order valence-corrected chi connectivity index (χ0v) is 18.1. The van der Waals surface area contributed by atoms with Gasteiger partial charge in [-0.2, -0.15) is 0 Å². The minimum absolute atomic E-state index is 0.0672. The van der Waals surface area contributed by atoms with Crippen LogP contribution in [-0.4, -0.2) is 39.7 Å². The summed E-state index contributed by atoms with van der Waals surface area (Å²) in [4.78, 5) is 13.5. The summed E-state index contributed by atoms with van der Waals surface area (Å²) in [6, 6.07) is 16.0. The number of nitrogens with zero attached hydrogens (tertiary/aromatic N) is 1. The van der Waals surface area contributed by atoms with E-state index in [0.717, 1.165) is 22.0 Å². The Morgan fingerprint density at radius 2 is 1.87 bits per heavy atom. The van der Waals surface area contributed by atoms with Gasteiger partial charge in [0.25, 0.3) is 10.0 Å². The van der Waals surface area contributed by atoms with Crippen molar-refractivity contribution in [2.45, 2.75) is 18.2 Å². The zero-order chi connectivity index (χ0) is 22.2. The number of hydrogen-bond donors (Lipinski definition) is 2. The first kappa shape index (κ1) is 21.0. The summed E-state index contributed by atoms with van der Waals surface area (Å²) in [7, 11) is -2.44. The molecule has 0 bridgehead atoms. The Labute approximate surface area is 181 Å². The lowest BCUT2D eigenvalue weighted by molar-refractivity contribution is -0.140. The van der Waals surface area contributed by atoms with Crippen molar-refractivity contribution >= 4 is 38.1 Å². The van der Waals surface area contributed by atoms with Crippen LogP contribution >= 0.6 is 0 Å². The van der Waals surface area contributed by atoms with Gasteiger partial charge in [-0.05, 0) is 43.2 Å². The second-order valence-electron chi connectivity index (χ2n) is 7.71. The monoisotopic (exact) mass is 440 g/mol. The second-order valence-corrected chi connectivity index (χ2v) is 9.36. The maximum Gasteiger partial charge on any atom is 0.308 e. The number of aliphatic carboxylic acids is 1. The predicted octanol–water partition coefficient (Wildman–Crippen LogP) is 3.87. The fraction of sp³-hybridized carbons (Fsp3) is 0.261. The van der Waals surface area contributed by atoms with E-state index in [2.05, 4.69) is 4.72 Å². The Morgan fingerprint density at radius 3 is 2.55 bits per heavy atom. The molecular weight excluding hydrogens is 416 g/mol.